The quantitative estimate of drug-likeness (QED) is 0.634. The molecular formula is C10H19N3O3. The van der Waals surface area contributed by atoms with Gasteiger partial charge in [0.15, 0.2) is 0 Å². The zero-order chi connectivity index (χ0) is 12.1. The van der Waals surface area contributed by atoms with E-state index in [4.69, 9.17) is 16.2 Å². The van der Waals surface area contributed by atoms with Gasteiger partial charge in [-0.25, -0.2) is 0 Å². The van der Waals surface area contributed by atoms with Crippen LogP contribution in [0.1, 0.15) is 19.3 Å². The van der Waals surface area contributed by atoms with E-state index in [1.807, 2.05) is 0 Å². The van der Waals surface area contributed by atoms with E-state index in [0.29, 0.717) is 13.1 Å². The maximum atomic E-state index is 11.8. The number of likely N-dealkylation sites (tertiary alicyclic amines) is 1. The fraction of sp³-hybridized carbons (Fsp3) is 0.800. The Bertz CT molecular complexity index is 270. The smallest absolute Gasteiger partial charge is 0.240 e. The van der Waals surface area contributed by atoms with Gasteiger partial charge in [-0.2, -0.15) is 0 Å². The second-order valence-electron chi connectivity index (χ2n) is 4.06. The molecule has 0 aromatic carbocycles. The zero-order valence-corrected chi connectivity index (χ0v) is 9.52. The van der Waals surface area contributed by atoms with E-state index in [0.717, 1.165) is 12.8 Å². The van der Waals surface area contributed by atoms with Gasteiger partial charge in [0.1, 0.15) is 0 Å². The summed E-state index contributed by atoms with van der Waals surface area (Å²) in [6.45, 7) is 1.22. The summed E-state index contributed by atoms with van der Waals surface area (Å²) in [5.74, 6) is -0.776. The van der Waals surface area contributed by atoms with Gasteiger partial charge in [-0.1, -0.05) is 0 Å². The average molecular weight is 229 g/mol. The van der Waals surface area contributed by atoms with Crippen LogP contribution in [0.3, 0.4) is 0 Å². The Labute approximate surface area is 94.9 Å². The molecule has 1 rings (SSSR count). The number of nitrogens with two attached hydrogens (primary N) is 2. The highest BCUT2D eigenvalue weighted by Crippen LogP contribution is 2.13. The monoisotopic (exact) mass is 229 g/mol. The van der Waals surface area contributed by atoms with Crippen LogP contribution in [0.2, 0.25) is 0 Å². The standard InChI is InChI=1S/C10H19N3O3/c1-16-7-3-2-4-13(6-7)10(15)8(11)5-9(12)14/h7-8H,2-6,11H2,1H3,(H2,12,14). The molecule has 2 unspecified atom stereocenters. The number of hydrogen-bond acceptors (Lipinski definition) is 4. The van der Waals surface area contributed by atoms with Crippen molar-refractivity contribution in [3.05, 3.63) is 0 Å². The van der Waals surface area contributed by atoms with E-state index in [9.17, 15) is 9.59 Å². The maximum Gasteiger partial charge on any atom is 0.240 e. The largest absolute Gasteiger partial charge is 0.380 e. The fourth-order valence-corrected chi connectivity index (χ4v) is 1.87. The molecule has 2 amide bonds. The Balaban J connectivity index is 2.49. The minimum atomic E-state index is -0.826. The molecule has 4 N–H and O–H groups in total. The van der Waals surface area contributed by atoms with Crippen molar-refractivity contribution in [1.29, 1.82) is 0 Å². The van der Waals surface area contributed by atoms with Crippen LogP contribution >= 0.6 is 0 Å². The van der Waals surface area contributed by atoms with E-state index in [2.05, 4.69) is 0 Å². The molecule has 6 nitrogen and oxygen atoms in total. The maximum absolute atomic E-state index is 11.8. The van der Waals surface area contributed by atoms with Crippen LogP contribution in [0.25, 0.3) is 0 Å². The summed E-state index contributed by atoms with van der Waals surface area (Å²) in [4.78, 5) is 24.1. The Morgan fingerprint density at radius 2 is 2.25 bits per heavy atom. The summed E-state index contributed by atoms with van der Waals surface area (Å²) in [5, 5.41) is 0. The fourth-order valence-electron chi connectivity index (χ4n) is 1.87. The first-order valence-corrected chi connectivity index (χ1v) is 5.40. The van der Waals surface area contributed by atoms with Crippen LogP contribution in [-0.4, -0.2) is 49.1 Å². The predicted octanol–water partition coefficient (Wildman–Crippen LogP) is -1.17. The number of carbonyl (C=O) groups is 2. The minimum absolute atomic E-state index is 0.0680. The molecular weight excluding hydrogens is 210 g/mol. The highest BCUT2D eigenvalue weighted by Gasteiger charge is 2.27. The van der Waals surface area contributed by atoms with Gasteiger partial charge < -0.3 is 21.1 Å². The van der Waals surface area contributed by atoms with Gasteiger partial charge in [0, 0.05) is 20.2 Å². The number of nitrogens with zero attached hydrogens (tertiary/aromatic N) is 1. The number of rotatable bonds is 4. The first kappa shape index (κ1) is 12.9. The number of methoxy groups -OCH3 is 1. The van der Waals surface area contributed by atoms with Crippen molar-refractivity contribution in [1.82, 2.24) is 4.90 Å². The summed E-state index contributed by atoms with van der Waals surface area (Å²) in [6, 6.07) is -0.826. The van der Waals surface area contributed by atoms with Crippen molar-refractivity contribution in [3.8, 4) is 0 Å². The van der Waals surface area contributed by atoms with E-state index < -0.39 is 11.9 Å². The first-order valence-electron chi connectivity index (χ1n) is 5.40. The highest BCUT2D eigenvalue weighted by atomic mass is 16.5. The molecule has 0 bridgehead atoms. The third-order valence-corrected chi connectivity index (χ3v) is 2.76. The molecule has 0 radical (unpaired) electrons. The van der Waals surface area contributed by atoms with Crippen LogP contribution in [0.5, 0.6) is 0 Å². The summed E-state index contributed by atoms with van der Waals surface area (Å²) in [5.41, 5.74) is 10.6. The second-order valence-corrected chi connectivity index (χ2v) is 4.06. The van der Waals surface area contributed by atoms with E-state index >= 15 is 0 Å². The van der Waals surface area contributed by atoms with Gasteiger partial charge in [-0.15, -0.1) is 0 Å². The van der Waals surface area contributed by atoms with Crippen LogP contribution in [-0.2, 0) is 14.3 Å². The number of carbonyl (C=O) groups excluding carboxylic acids is 2. The molecule has 0 aromatic heterocycles. The van der Waals surface area contributed by atoms with Crippen LogP contribution in [0.4, 0.5) is 0 Å². The van der Waals surface area contributed by atoms with Gasteiger partial charge >= 0.3 is 0 Å². The lowest BCUT2D eigenvalue weighted by Gasteiger charge is -2.33. The van der Waals surface area contributed by atoms with Crippen molar-refractivity contribution >= 4 is 11.8 Å². The molecule has 0 saturated carbocycles. The van der Waals surface area contributed by atoms with Gasteiger partial charge in [0.05, 0.1) is 18.6 Å². The third kappa shape index (κ3) is 3.46. The van der Waals surface area contributed by atoms with Crippen LogP contribution in [0, 0.1) is 0 Å². The number of amides is 2. The van der Waals surface area contributed by atoms with E-state index in [1.54, 1.807) is 12.0 Å². The Kier molecular flexibility index (Phi) is 4.70. The number of ether oxygens (including phenoxy) is 1. The Morgan fingerprint density at radius 1 is 1.56 bits per heavy atom. The predicted molar refractivity (Wildman–Crippen MR) is 58.4 cm³/mol. The molecule has 1 saturated heterocycles. The van der Waals surface area contributed by atoms with Crippen molar-refractivity contribution in [2.45, 2.75) is 31.4 Å². The zero-order valence-electron chi connectivity index (χ0n) is 9.52. The molecule has 0 aromatic rings. The molecule has 0 aliphatic carbocycles. The lowest BCUT2D eigenvalue weighted by atomic mass is 10.1. The highest BCUT2D eigenvalue weighted by molar-refractivity contribution is 5.87. The van der Waals surface area contributed by atoms with Gasteiger partial charge in [-0.05, 0) is 12.8 Å². The SMILES string of the molecule is COC1CCCN(C(=O)C(N)CC(N)=O)C1. The Hall–Kier alpha value is -1.14. The first-order chi connectivity index (χ1) is 7.54. The summed E-state index contributed by atoms with van der Waals surface area (Å²) < 4.78 is 5.21. The van der Waals surface area contributed by atoms with Gasteiger partial charge in [0.25, 0.3) is 0 Å². The van der Waals surface area contributed by atoms with E-state index in [1.165, 1.54) is 0 Å². The molecule has 16 heavy (non-hydrogen) atoms. The topological polar surface area (TPSA) is 98.7 Å². The third-order valence-electron chi connectivity index (χ3n) is 2.76. The second kappa shape index (κ2) is 5.81. The number of primary amides is 1. The van der Waals surface area contributed by atoms with Gasteiger partial charge in [0.2, 0.25) is 11.8 Å². The van der Waals surface area contributed by atoms with Crippen LogP contribution < -0.4 is 11.5 Å². The van der Waals surface area contributed by atoms with Crippen LogP contribution in [0.15, 0.2) is 0 Å². The lowest BCUT2D eigenvalue weighted by Crippen LogP contribution is -2.50. The van der Waals surface area contributed by atoms with Crippen molar-refractivity contribution < 1.29 is 14.3 Å². The average Bonchev–Trinajstić information content (AvgIpc) is 2.27. The summed E-state index contributed by atoms with van der Waals surface area (Å²) in [6.07, 6.45) is 1.81. The molecule has 0 spiro atoms. The van der Waals surface area contributed by atoms with Crippen molar-refractivity contribution in [2.75, 3.05) is 20.2 Å². The number of hydrogen-bond donors (Lipinski definition) is 2. The molecule has 6 heteroatoms. The van der Waals surface area contributed by atoms with Gasteiger partial charge in [-0.3, -0.25) is 9.59 Å². The minimum Gasteiger partial charge on any atom is -0.380 e. The molecule has 1 heterocycles. The molecule has 1 aliphatic rings. The molecule has 1 fully saturated rings. The molecule has 1 aliphatic heterocycles. The molecule has 2 atom stereocenters. The normalized spacial score (nSPS) is 22.9. The van der Waals surface area contributed by atoms with Crippen molar-refractivity contribution in [3.63, 3.8) is 0 Å². The summed E-state index contributed by atoms with van der Waals surface area (Å²) >= 11 is 0. The van der Waals surface area contributed by atoms with Crippen molar-refractivity contribution in [2.24, 2.45) is 11.5 Å². The Morgan fingerprint density at radius 3 is 2.81 bits per heavy atom. The molecule has 92 valence electrons. The number of piperidine rings is 1. The van der Waals surface area contributed by atoms with E-state index in [-0.39, 0.29) is 18.4 Å². The lowest BCUT2D eigenvalue weighted by molar-refractivity contribution is -0.137. The summed E-state index contributed by atoms with van der Waals surface area (Å²) in [7, 11) is 1.63.